The van der Waals surface area contributed by atoms with Gasteiger partial charge in [0.1, 0.15) is 6.20 Å². The number of aromatic nitrogens is 1. The number of amides is 1. The molecule has 0 bridgehead atoms. The average Bonchev–Trinajstić information content (AvgIpc) is 2.37. The number of aryl methyl sites for hydroxylation is 1. The fourth-order valence-corrected chi connectivity index (χ4v) is 1.82. The van der Waals surface area contributed by atoms with Gasteiger partial charge in [0.05, 0.1) is 16.2 Å². The largest absolute Gasteiger partial charge is 0.341 e. The Labute approximate surface area is 117 Å². The molecule has 7 nitrogen and oxygen atoms in total. The maximum absolute atomic E-state index is 12.4. The molecule has 0 saturated carbocycles. The average molecular weight is 280 g/mol. The second-order valence-corrected chi connectivity index (χ2v) is 5.61. The van der Waals surface area contributed by atoms with Crippen LogP contribution in [0.3, 0.4) is 0 Å². The first kappa shape index (κ1) is 16.0. The predicted molar refractivity (Wildman–Crippen MR) is 75.4 cm³/mol. The molecule has 110 valence electrons. The zero-order valence-corrected chi connectivity index (χ0v) is 12.2. The van der Waals surface area contributed by atoms with Crippen LogP contribution in [0.4, 0.5) is 5.69 Å². The fraction of sp³-hybridized carbons (Fsp3) is 0.538. The molecule has 0 radical (unpaired) electrons. The van der Waals surface area contributed by atoms with E-state index in [1.54, 1.807) is 14.0 Å². The first-order valence-corrected chi connectivity index (χ1v) is 6.24. The molecule has 0 aliphatic carbocycles. The van der Waals surface area contributed by atoms with Gasteiger partial charge in [-0.3, -0.25) is 19.9 Å². The smallest absolute Gasteiger partial charge is 0.288 e. The van der Waals surface area contributed by atoms with Crippen molar-refractivity contribution >= 4 is 11.6 Å². The van der Waals surface area contributed by atoms with Crippen molar-refractivity contribution in [2.75, 3.05) is 20.1 Å². The Morgan fingerprint density at radius 2 is 2.15 bits per heavy atom. The molecule has 0 aromatic carbocycles. The van der Waals surface area contributed by atoms with Crippen molar-refractivity contribution in [1.29, 1.82) is 0 Å². The van der Waals surface area contributed by atoms with Crippen molar-refractivity contribution in [3.05, 3.63) is 33.6 Å². The molecule has 1 amide bonds. The highest BCUT2D eigenvalue weighted by Gasteiger charge is 2.24. The Hall–Kier alpha value is -2.02. The minimum absolute atomic E-state index is 0.189. The summed E-state index contributed by atoms with van der Waals surface area (Å²) in [7, 11) is 1.65. The number of nitro groups is 1. The molecule has 2 N–H and O–H groups in total. The van der Waals surface area contributed by atoms with Gasteiger partial charge in [-0.1, -0.05) is 13.8 Å². The fourth-order valence-electron chi connectivity index (χ4n) is 1.82. The van der Waals surface area contributed by atoms with Crippen molar-refractivity contribution in [1.82, 2.24) is 9.88 Å². The molecular formula is C13H20N4O3. The number of hydrogen-bond donors (Lipinski definition) is 1. The first-order chi connectivity index (χ1) is 9.18. The zero-order valence-electron chi connectivity index (χ0n) is 12.2. The summed E-state index contributed by atoms with van der Waals surface area (Å²) >= 11 is 0. The highest BCUT2D eigenvalue weighted by molar-refractivity contribution is 5.95. The van der Waals surface area contributed by atoms with E-state index >= 15 is 0 Å². The van der Waals surface area contributed by atoms with Crippen LogP contribution in [0, 0.1) is 22.5 Å². The van der Waals surface area contributed by atoms with Crippen LogP contribution in [-0.4, -0.2) is 40.9 Å². The highest BCUT2D eigenvalue weighted by atomic mass is 16.6. The van der Waals surface area contributed by atoms with Crippen LogP contribution in [0.25, 0.3) is 0 Å². The normalized spacial score (nSPS) is 11.2. The maximum Gasteiger partial charge on any atom is 0.288 e. The summed E-state index contributed by atoms with van der Waals surface area (Å²) in [4.78, 5) is 28.0. The van der Waals surface area contributed by atoms with Crippen LogP contribution in [0.2, 0.25) is 0 Å². The van der Waals surface area contributed by atoms with Crippen molar-refractivity contribution < 1.29 is 9.72 Å². The van der Waals surface area contributed by atoms with E-state index in [4.69, 9.17) is 5.73 Å². The number of carbonyl (C=O) groups excluding carboxylic acids is 1. The monoisotopic (exact) mass is 280 g/mol. The van der Waals surface area contributed by atoms with Gasteiger partial charge in [0.15, 0.2) is 0 Å². The number of carbonyl (C=O) groups is 1. The molecule has 0 atom stereocenters. The number of hydrogen-bond acceptors (Lipinski definition) is 5. The quantitative estimate of drug-likeness (QED) is 0.648. The zero-order chi connectivity index (χ0) is 15.5. The summed E-state index contributed by atoms with van der Waals surface area (Å²) in [5.74, 6) is -0.291. The molecule has 0 saturated heterocycles. The number of nitrogens with two attached hydrogens (primary N) is 1. The number of nitrogens with zero attached hydrogens (tertiary/aromatic N) is 3. The Morgan fingerprint density at radius 3 is 2.65 bits per heavy atom. The summed E-state index contributed by atoms with van der Waals surface area (Å²) < 4.78 is 0. The summed E-state index contributed by atoms with van der Waals surface area (Å²) in [6, 6.07) is 1.26. The lowest BCUT2D eigenvalue weighted by Gasteiger charge is -2.29. The van der Waals surface area contributed by atoms with Crippen molar-refractivity contribution in [2.45, 2.75) is 20.8 Å². The molecule has 0 aliphatic heterocycles. The summed E-state index contributed by atoms with van der Waals surface area (Å²) in [6.45, 7) is 6.46. The SMILES string of the molecule is Cc1ncc([N+](=O)[O-])cc1C(=O)N(C)CC(C)(C)CN. The van der Waals surface area contributed by atoms with E-state index in [1.165, 1.54) is 11.0 Å². The minimum Gasteiger partial charge on any atom is -0.341 e. The Bertz CT molecular complexity index is 528. The van der Waals surface area contributed by atoms with Crippen molar-refractivity contribution in [2.24, 2.45) is 11.1 Å². The molecule has 1 aromatic heterocycles. The van der Waals surface area contributed by atoms with Gasteiger partial charge in [-0.15, -0.1) is 0 Å². The van der Waals surface area contributed by atoms with Gasteiger partial charge in [-0.2, -0.15) is 0 Å². The topological polar surface area (TPSA) is 102 Å². The van der Waals surface area contributed by atoms with Crippen molar-refractivity contribution in [3.8, 4) is 0 Å². The summed E-state index contributed by atoms with van der Waals surface area (Å²) in [5.41, 5.74) is 5.96. The molecule has 0 fully saturated rings. The van der Waals surface area contributed by atoms with Gasteiger partial charge in [0.2, 0.25) is 0 Å². The van der Waals surface area contributed by atoms with Gasteiger partial charge in [-0.05, 0) is 18.9 Å². The van der Waals surface area contributed by atoms with E-state index in [9.17, 15) is 14.9 Å². The number of pyridine rings is 1. The molecule has 1 rings (SSSR count). The van der Waals surface area contributed by atoms with E-state index in [1.807, 2.05) is 13.8 Å². The third-order valence-corrected chi connectivity index (χ3v) is 3.08. The molecule has 0 unspecified atom stereocenters. The molecule has 0 aliphatic rings. The van der Waals surface area contributed by atoms with Crippen LogP contribution >= 0.6 is 0 Å². The third kappa shape index (κ3) is 3.74. The Morgan fingerprint density at radius 1 is 1.55 bits per heavy atom. The predicted octanol–water partition coefficient (Wildman–Crippen LogP) is 1.36. The van der Waals surface area contributed by atoms with E-state index in [2.05, 4.69) is 4.98 Å². The summed E-state index contributed by atoms with van der Waals surface area (Å²) in [5, 5.41) is 10.8. The van der Waals surface area contributed by atoms with E-state index in [0.717, 1.165) is 6.20 Å². The minimum atomic E-state index is -0.562. The molecule has 0 spiro atoms. The molecule has 1 heterocycles. The van der Waals surface area contributed by atoms with Crippen LogP contribution < -0.4 is 5.73 Å². The Balaban J connectivity index is 3.02. The van der Waals surface area contributed by atoms with Gasteiger partial charge < -0.3 is 10.6 Å². The number of rotatable bonds is 5. The first-order valence-electron chi connectivity index (χ1n) is 6.24. The van der Waals surface area contributed by atoms with Gasteiger partial charge in [0.25, 0.3) is 11.6 Å². The van der Waals surface area contributed by atoms with E-state index in [-0.39, 0.29) is 22.6 Å². The van der Waals surface area contributed by atoms with Gasteiger partial charge in [-0.25, -0.2) is 0 Å². The maximum atomic E-state index is 12.4. The molecule has 1 aromatic rings. The molecular weight excluding hydrogens is 260 g/mol. The van der Waals surface area contributed by atoms with Crippen LogP contribution in [0.15, 0.2) is 12.3 Å². The van der Waals surface area contributed by atoms with Crippen LogP contribution in [0.1, 0.15) is 29.9 Å². The standard InChI is InChI=1S/C13H20N4O3/c1-9-11(5-10(6-15-9)17(19)20)12(18)16(4)8-13(2,3)7-14/h5-6H,7-8,14H2,1-4H3. The lowest BCUT2D eigenvalue weighted by Crippen LogP contribution is -2.40. The van der Waals surface area contributed by atoms with E-state index in [0.29, 0.717) is 18.8 Å². The lowest BCUT2D eigenvalue weighted by atomic mass is 9.93. The van der Waals surface area contributed by atoms with Gasteiger partial charge in [0, 0.05) is 19.7 Å². The van der Waals surface area contributed by atoms with Crippen molar-refractivity contribution in [3.63, 3.8) is 0 Å². The van der Waals surface area contributed by atoms with Gasteiger partial charge >= 0.3 is 0 Å². The lowest BCUT2D eigenvalue weighted by molar-refractivity contribution is -0.385. The molecule has 20 heavy (non-hydrogen) atoms. The molecule has 7 heteroatoms. The third-order valence-electron chi connectivity index (χ3n) is 3.08. The van der Waals surface area contributed by atoms with E-state index < -0.39 is 4.92 Å². The second kappa shape index (κ2) is 5.96. The Kier molecular flexibility index (Phi) is 4.78. The van der Waals surface area contributed by atoms with Crippen LogP contribution in [-0.2, 0) is 0 Å². The second-order valence-electron chi connectivity index (χ2n) is 5.61. The summed E-state index contributed by atoms with van der Waals surface area (Å²) in [6.07, 6.45) is 1.15. The highest BCUT2D eigenvalue weighted by Crippen LogP contribution is 2.19. The van der Waals surface area contributed by atoms with Crippen LogP contribution in [0.5, 0.6) is 0 Å².